The van der Waals surface area contributed by atoms with E-state index < -0.39 is 5.63 Å². The van der Waals surface area contributed by atoms with Crippen LogP contribution in [0.3, 0.4) is 0 Å². The second-order valence-corrected chi connectivity index (χ2v) is 7.51. The van der Waals surface area contributed by atoms with Crippen LogP contribution >= 0.6 is 11.3 Å². The highest BCUT2D eigenvalue weighted by molar-refractivity contribution is 7.11. The Hall–Kier alpha value is -3.69. The molecule has 0 spiro atoms. The first kappa shape index (κ1) is 18.7. The van der Waals surface area contributed by atoms with Gasteiger partial charge in [0.15, 0.2) is 0 Å². The van der Waals surface area contributed by atoms with Crippen molar-refractivity contribution in [3.8, 4) is 17.3 Å². The summed E-state index contributed by atoms with van der Waals surface area (Å²) in [6.07, 6.45) is 1.65. The summed E-state index contributed by atoms with van der Waals surface area (Å²) in [5, 5.41) is 15.9. The van der Waals surface area contributed by atoms with E-state index >= 15 is 0 Å². The third-order valence-corrected chi connectivity index (χ3v) is 5.41. The van der Waals surface area contributed by atoms with Crippen molar-refractivity contribution >= 4 is 33.6 Å². The van der Waals surface area contributed by atoms with Crippen molar-refractivity contribution < 1.29 is 4.42 Å². The molecule has 0 amide bonds. The number of anilines is 1. The average Bonchev–Trinajstić information content (AvgIpc) is 3.20. The van der Waals surface area contributed by atoms with Gasteiger partial charge < -0.3 is 9.73 Å². The molecule has 0 saturated carbocycles. The van der Waals surface area contributed by atoms with Crippen LogP contribution in [0.4, 0.5) is 5.69 Å². The molecule has 29 heavy (non-hydrogen) atoms. The Balaban J connectivity index is 1.67. The zero-order valence-corrected chi connectivity index (χ0v) is 16.7. The maximum Gasteiger partial charge on any atom is 0.345 e. The third kappa shape index (κ3) is 3.82. The maximum atomic E-state index is 12.4. The molecule has 2 aromatic heterocycles. The van der Waals surface area contributed by atoms with E-state index in [4.69, 9.17) is 4.42 Å². The number of aryl methyl sites for hydroxylation is 2. The Labute approximate surface area is 171 Å². The number of nitrogens with zero attached hydrogens (tertiary/aromatic N) is 2. The summed E-state index contributed by atoms with van der Waals surface area (Å²) < 4.78 is 5.39. The first-order chi connectivity index (χ1) is 14.0. The molecule has 0 bridgehead atoms. The number of rotatable bonds is 4. The van der Waals surface area contributed by atoms with Gasteiger partial charge in [-0.05, 0) is 43.2 Å². The van der Waals surface area contributed by atoms with Crippen LogP contribution < -0.4 is 10.9 Å². The van der Waals surface area contributed by atoms with E-state index in [0.717, 1.165) is 22.2 Å². The van der Waals surface area contributed by atoms with Crippen LogP contribution in [0.2, 0.25) is 0 Å². The van der Waals surface area contributed by atoms with Crippen LogP contribution in [-0.2, 0) is 0 Å². The van der Waals surface area contributed by atoms with Gasteiger partial charge in [0.2, 0.25) is 0 Å². The van der Waals surface area contributed by atoms with Crippen LogP contribution in [0.25, 0.3) is 27.8 Å². The summed E-state index contributed by atoms with van der Waals surface area (Å²) in [6, 6.07) is 17.4. The summed E-state index contributed by atoms with van der Waals surface area (Å²) in [4.78, 5) is 16.9. The lowest BCUT2D eigenvalue weighted by molar-refractivity contribution is 0.563. The van der Waals surface area contributed by atoms with Crippen LogP contribution in [0.5, 0.6) is 0 Å². The van der Waals surface area contributed by atoms with Gasteiger partial charge in [-0.15, -0.1) is 11.3 Å². The van der Waals surface area contributed by atoms with Gasteiger partial charge in [0.05, 0.1) is 11.3 Å². The minimum Gasteiger partial charge on any atom is -0.422 e. The standard InChI is InChI=1S/C23H17N3O2S/c1-14-7-8-15(2)19(9-14)25-12-17(11-24)22-26-20(13-29-22)18-10-16-5-3-4-6-21(16)28-23(18)27/h3-10,12-13,25H,1-2H3/b17-12-. The van der Waals surface area contributed by atoms with Crippen molar-refractivity contribution in [2.75, 3.05) is 5.32 Å². The van der Waals surface area contributed by atoms with Crippen LogP contribution in [0, 0.1) is 25.2 Å². The first-order valence-corrected chi connectivity index (χ1v) is 9.86. The number of allylic oxidation sites excluding steroid dienone is 1. The Morgan fingerprint density at radius 2 is 2.03 bits per heavy atom. The predicted molar refractivity (Wildman–Crippen MR) is 117 cm³/mol. The van der Waals surface area contributed by atoms with Crippen molar-refractivity contribution in [1.29, 1.82) is 5.26 Å². The van der Waals surface area contributed by atoms with Crippen LogP contribution in [0.15, 0.2) is 69.3 Å². The molecule has 0 aliphatic carbocycles. The van der Waals surface area contributed by atoms with Gasteiger partial charge in [0.25, 0.3) is 0 Å². The minimum atomic E-state index is -0.448. The number of thiazole rings is 1. The fourth-order valence-electron chi connectivity index (χ4n) is 2.94. The molecular weight excluding hydrogens is 382 g/mol. The van der Waals surface area contributed by atoms with Crippen molar-refractivity contribution in [2.24, 2.45) is 0 Å². The topological polar surface area (TPSA) is 78.9 Å². The van der Waals surface area contributed by atoms with Gasteiger partial charge in [-0.3, -0.25) is 0 Å². The number of hydrogen-bond acceptors (Lipinski definition) is 6. The number of hydrogen-bond donors (Lipinski definition) is 1. The Morgan fingerprint density at radius 3 is 2.86 bits per heavy atom. The monoisotopic (exact) mass is 399 g/mol. The summed E-state index contributed by atoms with van der Waals surface area (Å²) >= 11 is 1.31. The lowest BCUT2D eigenvalue weighted by atomic mass is 10.1. The number of benzene rings is 2. The van der Waals surface area contributed by atoms with Gasteiger partial charge in [-0.25, -0.2) is 9.78 Å². The molecule has 1 N–H and O–H groups in total. The smallest absolute Gasteiger partial charge is 0.345 e. The molecule has 4 aromatic rings. The van der Waals surface area contributed by atoms with E-state index in [1.807, 2.05) is 50.2 Å². The normalized spacial score (nSPS) is 11.4. The van der Waals surface area contributed by atoms with Gasteiger partial charge >= 0.3 is 5.63 Å². The molecule has 0 unspecified atom stereocenters. The fraction of sp³-hybridized carbons (Fsp3) is 0.0870. The van der Waals surface area contributed by atoms with Crippen molar-refractivity contribution in [1.82, 2.24) is 4.98 Å². The Bertz CT molecular complexity index is 1340. The average molecular weight is 399 g/mol. The van der Waals surface area contributed by atoms with E-state index in [2.05, 4.69) is 16.4 Å². The fourth-order valence-corrected chi connectivity index (χ4v) is 3.73. The number of fused-ring (bicyclic) bond motifs is 1. The summed E-state index contributed by atoms with van der Waals surface area (Å²) in [5.74, 6) is 0. The predicted octanol–water partition coefficient (Wildman–Crippen LogP) is 5.51. The number of nitriles is 1. The molecule has 2 heterocycles. The highest BCUT2D eigenvalue weighted by Crippen LogP contribution is 2.26. The zero-order chi connectivity index (χ0) is 20.4. The number of aromatic nitrogens is 1. The van der Waals surface area contributed by atoms with Gasteiger partial charge in [-0.1, -0.05) is 30.3 Å². The molecule has 0 aliphatic rings. The van der Waals surface area contributed by atoms with Gasteiger partial charge in [0.1, 0.15) is 22.2 Å². The van der Waals surface area contributed by atoms with E-state index in [-0.39, 0.29) is 0 Å². The van der Waals surface area contributed by atoms with Crippen molar-refractivity contribution in [2.45, 2.75) is 13.8 Å². The largest absolute Gasteiger partial charge is 0.422 e. The van der Waals surface area contributed by atoms with E-state index in [9.17, 15) is 10.1 Å². The van der Waals surface area contributed by atoms with Crippen molar-refractivity contribution in [3.05, 3.63) is 86.7 Å². The molecule has 0 saturated heterocycles. The van der Waals surface area contributed by atoms with Crippen LogP contribution in [0.1, 0.15) is 16.1 Å². The SMILES string of the molecule is Cc1ccc(C)c(N/C=C(/C#N)c2nc(-c3cc4ccccc4oc3=O)cs2)c1. The summed E-state index contributed by atoms with van der Waals surface area (Å²) in [7, 11) is 0. The molecular formula is C23H17N3O2S. The Morgan fingerprint density at radius 1 is 1.21 bits per heavy atom. The molecule has 142 valence electrons. The van der Waals surface area contributed by atoms with Crippen LogP contribution in [-0.4, -0.2) is 4.98 Å². The summed E-state index contributed by atoms with van der Waals surface area (Å²) in [5.41, 5.74) is 4.51. The maximum absolute atomic E-state index is 12.4. The third-order valence-electron chi connectivity index (χ3n) is 4.54. The van der Waals surface area contributed by atoms with E-state index in [0.29, 0.717) is 27.4 Å². The van der Waals surface area contributed by atoms with E-state index in [1.54, 1.807) is 23.7 Å². The molecule has 0 fully saturated rings. The zero-order valence-electron chi connectivity index (χ0n) is 15.9. The van der Waals surface area contributed by atoms with Gasteiger partial charge in [-0.2, -0.15) is 5.26 Å². The molecule has 5 nitrogen and oxygen atoms in total. The molecule has 0 radical (unpaired) electrons. The lowest BCUT2D eigenvalue weighted by Crippen LogP contribution is -2.02. The van der Waals surface area contributed by atoms with Gasteiger partial charge in [0, 0.05) is 22.7 Å². The summed E-state index contributed by atoms with van der Waals surface area (Å²) in [6.45, 7) is 4.02. The number of nitrogens with one attached hydrogen (secondary N) is 1. The number of para-hydroxylation sites is 1. The molecule has 2 aromatic carbocycles. The quantitative estimate of drug-likeness (QED) is 0.362. The molecule has 0 atom stereocenters. The second kappa shape index (κ2) is 7.74. The highest BCUT2D eigenvalue weighted by atomic mass is 32.1. The molecule has 0 aliphatic heterocycles. The first-order valence-electron chi connectivity index (χ1n) is 8.98. The molecule has 4 rings (SSSR count). The minimum absolute atomic E-state index is 0.381. The van der Waals surface area contributed by atoms with Crippen molar-refractivity contribution in [3.63, 3.8) is 0 Å². The Kier molecular flexibility index (Phi) is 4.98. The molecule has 6 heteroatoms. The highest BCUT2D eigenvalue weighted by Gasteiger charge is 2.13. The van der Waals surface area contributed by atoms with E-state index in [1.165, 1.54) is 11.3 Å². The second-order valence-electron chi connectivity index (χ2n) is 6.66. The lowest BCUT2D eigenvalue weighted by Gasteiger charge is -2.06.